The second kappa shape index (κ2) is 5.36. The SMILES string of the molecule is CCN[C@@H](Cc1ccc(O)cc1)C(N)=O. The third-order valence-corrected chi connectivity index (χ3v) is 2.17. The van der Waals surface area contributed by atoms with E-state index in [1.54, 1.807) is 24.3 Å². The zero-order valence-electron chi connectivity index (χ0n) is 8.73. The Hall–Kier alpha value is -1.55. The molecular weight excluding hydrogens is 192 g/mol. The molecule has 0 saturated carbocycles. The number of hydrogen-bond donors (Lipinski definition) is 3. The van der Waals surface area contributed by atoms with Crippen LogP contribution >= 0.6 is 0 Å². The quantitative estimate of drug-likeness (QED) is 0.655. The molecule has 0 aliphatic rings. The average Bonchev–Trinajstić information content (AvgIpc) is 2.20. The maximum atomic E-state index is 11.1. The van der Waals surface area contributed by atoms with E-state index in [0.717, 1.165) is 5.56 Å². The fourth-order valence-corrected chi connectivity index (χ4v) is 1.39. The molecule has 1 rings (SSSR count). The Morgan fingerprint density at radius 1 is 1.47 bits per heavy atom. The Balaban J connectivity index is 2.65. The lowest BCUT2D eigenvalue weighted by atomic mass is 10.1. The molecule has 0 heterocycles. The van der Waals surface area contributed by atoms with Gasteiger partial charge in [0.2, 0.25) is 5.91 Å². The fourth-order valence-electron chi connectivity index (χ4n) is 1.39. The summed E-state index contributed by atoms with van der Waals surface area (Å²) in [6.07, 6.45) is 0.545. The number of phenols is 1. The zero-order chi connectivity index (χ0) is 11.3. The van der Waals surface area contributed by atoms with E-state index >= 15 is 0 Å². The van der Waals surface area contributed by atoms with Crippen LogP contribution in [0.4, 0.5) is 0 Å². The first-order valence-electron chi connectivity index (χ1n) is 4.94. The second-order valence-corrected chi connectivity index (χ2v) is 3.38. The fraction of sp³-hybridized carbons (Fsp3) is 0.364. The van der Waals surface area contributed by atoms with Gasteiger partial charge < -0.3 is 16.2 Å². The summed E-state index contributed by atoms with van der Waals surface area (Å²) in [6.45, 7) is 2.62. The highest BCUT2D eigenvalue weighted by Gasteiger charge is 2.13. The Morgan fingerprint density at radius 3 is 2.53 bits per heavy atom. The van der Waals surface area contributed by atoms with Crippen molar-refractivity contribution in [1.82, 2.24) is 5.32 Å². The number of nitrogens with one attached hydrogen (secondary N) is 1. The van der Waals surface area contributed by atoms with Crippen molar-refractivity contribution in [2.24, 2.45) is 5.73 Å². The van der Waals surface area contributed by atoms with Crippen LogP contribution in [0.1, 0.15) is 12.5 Å². The van der Waals surface area contributed by atoms with Crippen molar-refractivity contribution in [2.75, 3.05) is 6.54 Å². The van der Waals surface area contributed by atoms with E-state index in [4.69, 9.17) is 10.8 Å². The third kappa shape index (κ3) is 3.59. The molecule has 0 unspecified atom stereocenters. The van der Waals surface area contributed by atoms with Gasteiger partial charge in [-0.05, 0) is 30.7 Å². The van der Waals surface area contributed by atoms with E-state index in [0.29, 0.717) is 13.0 Å². The van der Waals surface area contributed by atoms with Crippen LogP contribution in [0.25, 0.3) is 0 Å². The van der Waals surface area contributed by atoms with Gasteiger partial charge in [-0.15, -0.1) is 0 Å². The Kier molecular flexibility index (Phi) is 4.12. The maximum absolute atomic E-state index is 11.1. The molecule has 82 valence electrons. The van der Waals surface area contributed by atoms with E-state index < -0.39 is 0 Å². The number of carbonyl (C=O) groups is 1. The highest BCUT2D eigenvalue weighted by molar-refractivity contribution is 5.80. The smallest absolute Gasteiger partial charge is 0.234 e. The lowest BCUT2D eigenvalue weighted by Gasteiger charge is -2.13. The first-order chi connectivity index (χ1) is 7.13. The molecule has 4 nitrogen and oxygen atoms in total. The Morgan fingerprint density at radius 2 is 2.07 bits per heavy atom. The van der Waals surface area contributed by atoms with Gasteiger partial charge in [0.15, 0.2) is 0 Å². The van der Waals surface area contributed by atoms with Gasteiger partial charge in [-0.2, -0.15) is 0 Å². The molecule has 4 heteroatoms. The van der Waals surface area contributed by atoms with E-state index in [2.05, 4.69) is 5.32 Å². The third-order valence-electron chi connectivity index (χ3n) is 2.17. The Bertz CT molecular complexity index is 322. The predicted octanol–water partition coefficient (Wildman–Crippen LogP) is 0.398. The van der Waals surface area contributed by atoms with Gasteiger partial charge in [0, 0.05) is 0 Å². The van der Waals surface area contributed by atoms with Crippen molar-refractivity contribution >= 4 is 5.91 Å². The molecule has 0 aliphatic carbocycles. The number of phenolic OH excluding ortho intramolecular Hbond substituents is 1. The van der Waals surface area contributed by atoms with Gasteiger partial charge in [-0.1, -0.05) is 19.1 Å². The number of amides is 1. The number of nitrogens with two attached hydrogens (primary N) is 1. The molecule has 4 N–H and O–H groups in total. The Labute approximate surface area is 89.1 Å². The summed E-state index contributed by atoms with van der Waals surface area (Å²) in [5.74, 6) is -0.136. The van der Waals surface area contributed by atoms with Gasteiger partial charge in [-0.3, -0.25) is 4.79 Å². The topological polar surface area (TPSA) is 75.3 Å². The number of benzene rings is 1. The number of likely N-dealkylation sites (N-methyl/N-ethyl adjacent to an activating group) is 1. The van der Waals surface area contributed by atoms with Crippen molar-refractivity contribution in [3.63, 3.8) is 0 Å². The molecular formula is C11H16N2O2. The summed E-state index contributed by atoms with van der Waals surface area (Å²) in [5, 5.41) is 12.1. The van der Waals surface area contributed by atoms with E-state index in [1.807, 2.05) is 6.92 Å². The average molecular weight is 208 g/mol. The molecule has 1 amide bonds. The van der Waals surface area contributed by atoms with Crippen LogP contribution in [0.2, 0.25) is 0 Å². The largest absolute Gasteiger partial charge is 0.508 e. The van der Waals surface area contributed by atoms with E-state index in [1.165, 1.54) is 0 Å². The van der Waals surface area contributed by atoms with Crippen LogP contribution < -0.4 is 11.1 Å². The van der Waals surface area contributed by atoms with Gasteiger partial charge in [0.05, 0.1) is 6.04 Å². The first kappa shape index (κ1) is 11.5. The number of rotatable bonds is 5. The molecule has 0 spiro atoms. The van der Waals surface area contributed by atoms with Crippen LogP contribution in [0.5, 0.6) is 5.75 Å². The minimum atomic E-state index is -0.357. The standard InChI is InChI=1S/C11H16N2O2/c1-2-13-10(11(12)15)7-8-3-5-9(14)6-4-8/h3-6,10,13-14H,2,7H2,1H3,(H2,12,15)/t10-/m0/s1. The van der Waals surface area contributed by atoms with Crippen molar-refractivity contribution < 1.29 is 9.90 Å². The predicted molar refractivity (Wildman–Crippen MR) is 58.5 cm³/mol. The van der Waals surface area contributed by atoms with Crippen LogP contribution in [-0.2, 0) is 11.2 Å². The molecule has 0 aliphatic heterocycles. The van der Waals surface area contributed by atoms with Gasteiger partial charge in [0.1, 0.15) is 5.75 Å². The van der Waals surface area contributed by atoms with E-state index in [9.17, 15) is 4.79 Å². The molecule has 0 bridgehead atoms. The monoisotopic (exact) mass is 208 g/mol. The van der Waals surface area contributed by atoms with Crippen LogP contribution in [0.15, 0.2) is 24.3 Å². The number of primary amides is 1. The minimum Gasteiger partial charge on any atom is -0.508 e. The van der Waals surface area contributed by atoms with Crippen molar-refractivity contribution in [3.8, 4) is 5.75 Å². The molecule has 0 fully saturated rings. The minimum absolute atomic E-state index is 0.220. The molecule has 15 heavy (non-hydrogen) atoms. The lowest BCUT2D eigenvalue weighted by Crippen LogP contribution is -2.42. The molecule has 0 aromatic heterocycles. The highest BCUT2D eigenvalue weighted by Crippen LogP contribution is 2.11. The first-order valence-corrected chi connectivity index (χ1v) is 4.94. The van der Waals surface area contributed by atoms with Crippen molar-refractivity contribution in [3.05, 3.63) is 29.8 Å². The molecule has 1 atom stereocenters. The van der Waals surface area contributed by atoms with Gasteiger partial charge in [0.25, 0.3) is 0 Å². The highest BCUT2D eigenvalue weighted by atomic mass is 16.3. The lowest BCUT2D eigenvalue weighted by molar-refractivity contribution is -0.120. The summed E-state index contributed by atoms with van der Waals surface area (Å²) < 4.78 is 0. The van der Waals surface area contributed by atoms with Crippen molar-refractivity contribution in [1.29, 1.82) is 0 Å². The molecule has 0 radical (unpaired) electrons. The summed E-state index contributed by atoms with van der Waals surface area (Å²) in [4.78, 5) is 11.1. The van der Waals surface area contributed by atoms with Crippen LogP contribution in [0, 0.1) is 0 Å². The molecule has 0 saturated heterocycles. The second-order valence-electron chi connectivity index (χ2n) is 3.38. The van der Waals surface area contributed by atoms with Crippen molar-refractivity contribution in [2.45, 2.75) is 19.4 Å². The normalized spacial score (nSPS) is 12.3. The van der Waals surface area contributed by atoms with Crippen LogP contribution in [-0.4, -0.2) is 23.6 Å². The van der Waals surface area contributed by atoms with Gasteiger partial charge in [-0.25, -0.2) is 0 Å². The number of aromatic hydroxyl groups is 1. The summed E-state index contributed by atoms with van der Waals surface area (Å²) in [6, 6.07) is 6.41. The van der Waals surface area contributed by atoms with E-state index in [-0.39, 0.29) is 17.7 Å². The summed E-state index contributed by atoms with van der Waals surface area (Å²) in [5.41, 5.74) is 6.22. The van der Waals surface area contributed by atoms with Gasteiger partial charge >= 0.3 is 0 Å². The molecule has 1 aromatic carbocycles. The summed E-state index contributed by atoms with van der Waals surface area (Å²) >= 11 is 0. The number of carbonyl (C=O) groups excluding carboxylic acids is 1. The number of hydrogen-bond acceptors (Lipinski definition) is 3. The summed E-state index contributed by atoms with van der Waals surface area (Å²) in [7, 11) is 0. The van der Waals surface area contributed by atoms with Crippen LogP contribution in [0.3, 0.4) is 0 Å². The zero-order valence-corrected chi connectivity index (χ0v) is 8.73. The molecule has 1 aromatic rings. The maximum Gasteiger partial charge on any atom is 0.234 e.